The van der Waals surface area contributed by atoms with Gasteiger partial charge in [0.2, 0.25) is 0 Å². The molecule has 2 heterocycles. The van der Waals surface area contributed by atoms with E-state index in [1.807, 2.05) is 12.3 Å². The number of pyridine rings is 1. The Morgan fingerprint density at radius 3 is 3.00 bits per heavy atom. The van der Waals surface area contributed by atoms with Crippen molar-refractivity contribution in [3.8, 4) is 0 Å². The van der Waals surface area contributed by atoms with E-state index in [1.165, 1.54) is 18.5 Å². The lowest BCUT2D eigenvalue weighted by Crippen LogP contribution is -2.39. The predicted octanol–water partition coefficient (Wildman–Crippen LogP) is 2.28. The Labute approximate surface area is 123 Å². The van der Waals surface area contributed by atoms with Gasteiger partial charge < -0.3 is 15.1 Å². The highest BCUT2D eigenvalue weighted by atomic mass is 15.3. The maximum atomic E-state index is 4.69. The number of hydrogen-bond acceptors (Lipinski definition) is 4. The number of anilines is 1. The van der Waals surface area contributed by atoms with Crippen LogP contribution in [0, 0.1) is 0 Å². The summed E-state index contributed by atoms with van der Waals surface area (Å²) in [4.78, 5) is 9.59. The molecule has 1 aliphatic rings. The number of aromatic nitrogens is 1. The van der Waals surface area contributed by atoms with Crippen molar-refractivity contribution in [1.82, 2.24) is 15.2 Å². The van der Waals surface area contributed by atoms with Gasteiger partial charge in [-0.25, -0.2) is 4.98 Å². The smallest absolute Gasteiger partial charge is 0.133 e. The van der Waals surface area contributed by atoms with Crippen LogP contribution in [0.5, 0.6) is 0 Å². The summed E-state index contributed by atoms with van der Waals surface area (Å²) in [5.41, 5.74) is 1.31. The Balaban J connectivity index is 2.26. The van der Waals surface area contributed by atoms with Gasteiger partial charge in [0.05, 0.1) is 0 Å². The molecule has 0 saturated carbocycles. The van der Waals surface area contributed by atoms with Crippen LogP contribution in [0.1, 0.15) is 38.8 Å². The minimum Gasteiger partial charge on any atom is -0.352 e. The third kappa shape index (κ3) is 3.49. The van der Waals surface area contributed by atoms with E-state index in [4.69, 9.17) is 4.98 Å². The molecular formula is C16H28N4. The molecule has 0 radical (unpaired) electrons. The topological polar surface area (TPSA) is 31.4 Å². The first kappa shape index (κ1) is 15.3. The summed E-state index contributed by atoms with van der Waals surface area (Å²) >= 11 is 0. The van der Waals surface area contributed by atoms with Crippen molar-refractivity contribution in [2.45, 2.75) is 39.3 Å². The van der Waals surface area contributed by atoms with Crippen LogP contribution in [0.3, 0.4) is 0 Å². The molecule has 4 heteroatoms. The van der Waals surface area contributed by atoms with E-state index in [0.717, 1.165) is 25.5 Å². The van der Waals surface area contributed by atoms with E-state index < -0.39 is 0 Å². The normalized spacial score (nSPS) is 22.6. The molecule has 20 heavy (non-hydrogen) atoms. The van der Waals surface area contributed by atoms with Crippen LogP contribution in [-0.4, -0.2) is 49.2 Å². The molecule has 1 aromatic heterocycles. The first-order valence-corrected chi connectivity index (χ1v) is 7.77. The van der Waals surface area contributed by atoms with Crippen molar-refractivity contribution < 1.29 is 0 Å². The molecule has 0 aliphatic carbocycles. The number of hydrogen-bond donors (Lipinski definition) is 1. The average Bonchev–Trinajstić information content (AvgIpc) is 2.59. The largest absolute Gasteiger partial charge is 0.352 e. The van der Waals surface area contributed by atoms with E-state index in [2.05, 4.69) is 49.0 Å². The second-order valence-corrected chi connectivity index (χ2v) is 5.85. The van der Waals surface area contributed by atoms with Crippen molar-refractivity contribution in [3.05, 3.63) is 23.9 Å². The minimum absolute atomic E-state index is 0.344. The second-order valence-electron chi connectivity index (χ2n) is 5.85. The van der Waals surface area contributed by atoms with E-state index in [0.29, 0.717) is 12.1 Å². The molecule has 1 N–H and O–H groups in total. The SMILES string of the molecule is CCNC(C)c1cccnc1N1CCCN(C)CC1C. The molecule has 112 valence electrons. The maximum Gasteiger partial charge on any atom is 0.133 e. The van der Waals surface area contributed by atoms with Crippen molar-refractivity contribution in [1.29, 1.82) is 0 Å². The fraction of sp³-hybridized carbons (Fsp3) is 0.688. The van der Waals surface area contributed by atoms with Crippen LogP contribution in [0.15, 0.2) is 18.3 Å². The molecule has 2 rings (SSSR count). The fourth-order valence-electron chi connectivity index (χ4n) is 3.09. The Kier molecular flexibility index (Phi) is 5.38. The van der Waals surface area contributed by atoms with E-state index >= 15 is 0 Å². The molecule has 0 aromatic carbocycles. The Bertz CT molecular complexity index is 421. The highest BCUT2D eigenvalue weighted by molar-refractivity contribution is 5.49. The molecule has 1 saturated heterocycles. The van der Waals surface area contributed by atoms with Gasteiger partial charge in [-0.1, -0.05) is 13.0 Å². The van der Waals surface area contributed by atoms with Gasteiger partial charge in [0.1, 0.15) is 5.82 Å². The van der Waals surface area contributed by atoms with Gasteiger partial charge in [0.15, 0.2) is 0 Å². The molecule has 2 atom stereocenters. The molecule has 0 bridgehead atoms. The highest BCUT2D eigenvalue weighted by Gasteiger charge is 2.24. The van der Waals surface area contributed by atoms with E-state index in [9.17, 15) is 0 Å². The maximum absolute atomic E-state index is 4.69. The lowest BCUT2D eigenvalue weighted by Gasteiger charge is -2.32. The van der Waals surface area contributed by atoms with Gasteiger partial charge in [0, 0.05) is 36.9 Å². The first-order chi connectivity index (χ1) is 9.63. The lowest BCUT2D eigenvalue weighted by atomic mass is 10.1. The lowest BCUT2D eigenvalue weighted by molar-refractivity contribution is 0.337. The van der Waals surface area contributed by atoms with Crippen LogP contribution < -0.4 is 10.2 Å². The fourth-order valence-corrected chi connectivity index (χ4v) is 3.09. The van der Waals surface area contributed by atoms with Crippen molar-refractivity contribution in [2.24, 2.45) is 0 Å². The molecule has 0 spiro atoms. The molecule has 1 aromatic rings. The third-order valence-corrected chi connectivity index (χ3v) is 4.11. The molecule has 2 unspecified atom stereocenters. The molecule has 4 nitrogen and oxygen atoms in total. The first-order valence-electron chi connectivity index (χ1n) is 7.77. The Morgan fingerprint density at radius 1 is 1.45 bits per heavy atom. The zero-order valence-corrected chi connectivity index (χ0v) is 13.3. The van der Waals surface area contributed by atoms with Crippen LogP contribution in [0.4, 0.5) is 5.82 Å². The number of nitrogens with zero attached hydrogens (tertiary/aromatic N) is 3. The summed E-state index contributed by atoms with van der Waals surface area (Å²) in [5, 5.41) is 3.50. The second kappa shape index (κ2) is 7.04. The predicted molar refractivity (Wildman–Crippen MR) is 85.3 cm³/mol. The standard InChI is InChI=1S/C16H28N4/c1-5-17-14(3)15-8-6-9-18-16(15)20-11-7-10-19(4)12-13(20)2/h6,8-9,13-14,17H,5,7,10-12H2,1-4H3. The Morgan fingerprint density at radius 2 is 2.25 bits per heavy atom. The van der Waals surface area contributed by atoms with Gasteiger partial charge in [-0.15, -0.1) is 0 Å². The summed E-state index contributed by atoms with van der Waals surface area (Å²) in [6.45, 7) is 11.0. The van der Waals surface area contributed by atoms with Gasteiger partial charge in [0.25, 0.3) is 0 Å². The zero-order chi connectivity index (χ0) is 14.5. The van der Waals surface area contributed by atoms with Gasteiger partial charge >= 0.3 is 0 Å². The molecule has 0 amide bonds. The van der Waals surface area contributed by atoms with Crippen LogP contribution >= 0.6 is 0 Å². The quantitative estimate of drug-likeness (QED) is 0.914. The van der Waals surface area contributed by atoms with Gasteiger partial charge in [-0.05, 0) is 46.5 Å². The van der Waals surface area contributed by atoms with Crippen LogP contribution in [0.25, 0.3) is 0 Å². The number of likely N-dealkylation sites (N-methyl/N-ethyl adjacent to an activating group) is 1. The van der Waals surface area contributed by atoms with Gasteiger partial charge in [-0.3, -0.25) is 0 Å². The van der Waals surface area contributed by atoms with Crippen LogP contribution in [0.2, 0.25) is 0 Å². The average molecular weight is 276 g/mol. The van der Waals surface area contributed by atoms with Crippen molar-refractivity contribution in [2.75, 3.05) is 38.1 Å². The third-order valence-electron chi connectivity index (χ3n) is 4.11. The van der Waals surface area contributed by atoms with Crippen LogP contribution in [-0.2, 0) is 0 Å². The summed E-state index contributed by atoms with van der Waals surface area (Å²) in [6, 6.07) is 5.10. The molecule has 1 fully saturated rings. The monoisotopic (exact) mass is 276 g/mol. The van der Waals surface area contributed by atoms with Gasteiger partial charge in [-0.2, -0.15) is 0 Å². The summed E-state index contributed by atoms with van der Waals surface area (Å²) in [5.74, 6) is 1.16. The minimum atomic E-state index is 0.344. The Hall–Kier alpha value is -1.13. The van der Waals surface area contributed by atoms with E-state index in [-0.39, 0.29) is 0 Å². The zero-order valence-electron chi connectivity index (χ0n) is 13.3. The van der Waals surface area contributed by atoms with Crippen molar-refractivity contribution in [3.63, 3.8) is 0 Å². The highest BCUT2D eigenvalue weighted by Crippen LogP contribution is 2.26. The van der Waals surface area contributed by atoms with E-state index in [1.54, 1.807) is 0 Å². The summed E-state index contributed by atoms with van der Waals surface area (Å²) in [7, 11) is 2.21. The number of rotatable bonds is 4. The molecule has 1 aliphatic heterocycles. The molecular weight excluding hydrogens is 248 g/mol. The van der Waals surface area contributed by atoms with Crippen molar-refractivity contribution >= 4 is 5.82 Å². The summed E-state index contributed by atoms with van der Waals surface area (Å²) in [6.07, 6.45) is 3.12. The number of nitrogens with one attached hydrogen (secondary N) is 1. The summed E-state index contributed by atoms with van der Waals surface area (Å²) < 4.78 is 0.